The fourth-order valence-electron chi connectivity index (χ4n) is 0.614. The third-order valence-electron chi connectivity index (χ3n) is 1.18. The number of rotatable bonds is 4. The first-order valence-corrected chi connectivity index (χ1v) is 5.30. The summed E-state index contributed by atoms with van der Waals surface area (Å²) in [7, 11) is -1.24. The van der Waals surface area contributed by atoms with Gasteiger partial charge in [-0.2, -0.15) is 5.26 Å². The van der Waals surface area contributed by atoms with Gasteiger partial charge >= 0.3 is 0 Å². The van der Waals surface area contributed by atoms with E-state index in [9.17, 15) is 8.42 Å². The number of hydrogen-bond acceptors (Lipinski definition) is 4. The molecule has 0 saturated heterocycles. The summed E-state index contributed by atoms with van der Waals surface area (Å²) in [5, 5.41) is 8.29. The van der Waals surface area contributed by atoms with Gasteiger partial charge in [0.2, 0.25) is 0 Å². The van der Waals surface area contributed by atoms with Crippen LogP contribution in [0.25, 0.3) is 0 Å². The van der Waals surface area contributed by atoms with Crippen LogP contribution in [0.15, 0.2) is 0 Å². The van der Waals surface area contributed by atoms with Gasteiger partial charge in [-0.3, -0.25) is 0 Å². The molecule has 0 aromatic carbocycles. The maximum absolute atomic E-state index is 10.6. The highest BCUT2D eigenvalue weighted by Gasteiger charge is 2.01. The summed E-state index contributed by atoms with van der Waals surface area (Å²) in [5.74, 6) is 0.152. The van der Waals surface area contributed by atoms with Crippen molar-refractivity contribution in [2.75, 3.05) is 25.6 Å². The molecule has 0 fully saturated rings. The fourth-order valence-corrected chi connectivity index (χ4v) is 1.27. The van der Waals surface area contributed by atoms with Crippen molar-refractivity contribution in [2.24, 2.45) is 0 Å². The topological polar surface area (TPSA) is 61.2 Å². The Kier molecular flexibility index (Phi) is 3.90. The van der Waals surface area contributed by atoms with Crippen molar-refractivity contribution in [3.8, 4) is 6.19 Å². The van der Waals surface area contributed by atoms with E-state index in [4.69, 9.17) is 5.26 Å². The molecule has 0 rings (SSSR count). The first-order valence-electron chi connectivity index (χ1n) is 3.24. The van der Waals surface area contributed by atoms with Crippen LogP contribution in [0.1, 0.15) is 6.42 Å². The van der Waals surface area contributed by atoms with E-state index in [2.05, 4.69) is 0 Å². The molecule has 0 N–H and O–H groups in total. The Labute approximate surface area is 67.3 Å². The lowest BCUT2D eigenvalue weighted by Crippen LogP contribution is -2.16. The zero-order valence-corrected chi connectivity index (χ0v) is 7.56. The van der Waals surface area contributed by atoms with E-state index in [0.29, 0.717) is 13.0 Å². The molecule has 0 heterocycles. The second kappa shape index (κ2) is 4.19. The monoisotopic (exact) mass is 176 g/mol. The van der Waals surface area contributed by atoms with Crippen molar-refractivity contribution in [3.63, 3.8) is 0 Å². The van der Waals surface area contributed by atoms with Crippen LogP contribution in [0.2, 0.25) is 0 Å². The molecule has 4 nitrogen and oxygen atoms in total. The molecule has 11 heavy (non-hydrogen) atoms. The lowest BCUT2D eigenvalue weighted by molar-refractivity contribution is 0.471. The highest BCUT2D eigenvalue weighted by atomic mass is 32.2. The zero-order valence-electron chi connectivity index (χ0n) is 6.74. The maximum Gasteiger partial charge on any atom is 0.179 e. The number of sulfone groups is 1. The van der Waals surface area contributed by atoms with Crippen molar-refractivity contribution in [1.82, 2.24) is 4.90 Å². The SMILES string of the molecule is CN(C#N)CCCS(C)(=O)=O. The fraction of sp³-hybridized carbons (Fsp3) is 0.833. The van der Waals surface area contributed by atoms with Gasteiger partial charge in [-0.05, 0) is 6.42 Å². The summed E-state index contributed by atoms with van der Waals surface area (Å²) < 4.78 is 21.2. The van der Waals surface area contributed by atoms with Crippen LogP contribution in [-0.2, 0) is 9.84 Å². The molecular formula is C6H12N2O2S. The molecule has 0 spiro atoms. The minimum absolute atomic E-state index is 0.152. The molecule has 0 bridgehead atoms. The van der Waals surface area contributed by atoms with Gasteiger partial charge in [-0.1, -0.05) is 0 Å². The first-order chi connectivity index (χ1) is 4.95. The van der Waals surface area contributed by atoms with Gasteiger partial charge in [0.05, 0.1) is 5.75 Å². The summed E-state index contributed by atoms with van der Waals surface area (Å²) in [6, 6.07) is 0. The van der Waals surface area contributed by atoms with Crippen LogP contribution in [0.4, 0.5) is 0 Å². The van der Waals surface area contributed by atoms with Gasteiger partial charge in [0.25, 0.3) is 0 Å². The second-order valence-corrected chi connectivity index (χ2v) is 4.76. The molecular weight excluding hydrogens is 164 g/mol. The first kappa shape index (κ1) is 10.2. The average Bonchev–Trinajstić information content (AvgIpc) is 1.85. The molecule has 0 atom stereocenters. The third kappa shape index (κ3) is 7.13. The van der Waals surface area contributed by atoms with Gasteiger partial charge in [-0.25, -0.2) is 8.42 Å². The Hall–Kier alpha value is -0.760. The lowest BCUT2D eigenvalue weighted by Gasteiger charge is -2.06. The molecule has 5 heteroatoms. The molecule has 0 aliphatic rings. The standard InChI is InChI=1S/C6H12N2O2S/c1-8(6-7)4-3-5-11(2,9)10/h3-5H2,1-2H3. The maximum atomic E-state index is 10.6. The number of nitrogens with zero attached hydrogens (tertiary/aromatic N) is 2. The Morgan fingerprint density at radius 2 is 2.09 bits per heavy atom. The summed E-state index contributed by atoms with van der Waals surface area (Å²) in [6.07, 6.45) is 3.60. The Balaban J connectivity index is 3.53. The highest BCUT2D eigenvalue weighted by molar-refractivity contribution is 7.90. The molecule has 0 aromatic rings. The van der Waals surface area contributed by atoms with Crippen LogP contribution >= 0.6 is 0 Å². The van der Waals surface area contributed by atoms with Crippen molar-refractivity contribution < 1.29 is 8.42 Å². The summed E-state index contributed by atoms with van der Waals surface area (Å²) in [6.45, 7) is 0.504. The Morgan fingerprint density at radius 3 is 2.45 bits per heavy atom. The van der Waals surface area contributed by atoms with Gasteiger partial charge in [-0.15, -0.1) is 0 Å². The van der Waals surface area contributed by atoms with E-state index < -0.39 is 9.84 Å². The lowest BCUT2D eigenvalue weighted by atomic mass is 10.5. The van der Waals surface area contributed by atoms with Gasteiger partial charge in [0, 0.05) is 19.8 Å². The van der Waals surface area contributed by atoms with Crippen molar-refractivity contribution in [3.05, 3.63) is 0 Å². The molecule has 0 amide bonds. The van der Waals surface area contributed by atoms with Crippen LogP contribution in [0, 0.1) is 11.5 Å². The van der Waals surface area contributed by atoms with E-state index in [1.165, 1.54) is 11.2 Å². The summed E-state index contributed by atoms with van der Waals surface area (Å²) >= 11 is 0. The van der Waals surface area contributed by atoms with Crippen LogP contribution in [0.5, 0.6) is 0 Å². The van der Waals surface area contributed by atoms with E-state index in [-0.39, 0.29) is 5.75 Å². The second-order valence-electron chi connectivity index (χ2n) is 2.50. The van der Waals surface area contributed by atoms with Gasteiger partial charge in [0.1, 0.15) is 9.84 Å². The zero-order chi connectivity index (χ0) is 8.91. The van der Waals surface area contributed by atoms with Crippen LogP contribution in [-0.4, -0.2) is 38.9 Å². The van der Waals surface area contributed by atoms with E-state index in [1.807, 2.05) is 6.19 Å². The molecule has 64 valence electrons. The molecule has 0 saturated carbocycles. The van der Waals surface area contributed by atoms with Crippen molar-refractivity contribution in [2.45, 2.75) is 6.42 Å². The van der Waals surface area contributed by atoms with Crippen LogP contribution < -0.4 is 0 Å². The summed E-state index contributed by atoms with van der Waals surface area (Å²) in [5.41, 5.74) is 0. The van der Waals surface area contributed by atoms with Gasteiger partial charge in [0.15, 0.2) is 6.19 Å². The third-order valence-corrected chi connectivity index (χ3v) is 2.21. The number of hydrogen-bond donors (Lipinski definition) is 0. The Morgan fingerprint density at radius 1 is 1.55 bits per heavy atom. The van der Waals surface area contributed by atoms with Gasteiger partial charge < -0.3 is 4.90 Å². The molecule has 0 aliphatic heterocycles. The quantitative estimate of drug-likeness (QED) is 0.441. The largest absolute Gasteiger partial charge is 0.314 e. The number of nitriles is 1. The van der Waals surface area contributed by atoms with E-state index in [0.717, 1.165) is 0 Å². The molecule has 0 aliphatic carbocycles. The minimum atomic E-state index is -2.86. The van der Waals surface area contributed by atoms with E-state index >= 15 is 0 Å². The summed E-state index contributed by atoms with van der Waals surface area (Å²) in [4.78, 5) is 1.41. The van der Waals surface area contributed by atoms with Crippen molar-refractivity contribution >= 4 is 9.84 Å². The smallest absolute Gasteiger partial charge is 0.179 e. The predicted octanol–water partition coefficient (Wildman–Crippen LogP) is -0.166. The molecule has 0 radical (unpaired) electrons. The predicted molar refractivity (Wildman–Crippen MR) is 42.6 cm³/mol. The van der Waals surface area contributed by atoms with Crippen molar-refractivity contribution in [1.29, 1.82) is 5.26 Å². The highest BCUT2D eigenvalue weighted by Crippen LogP contribution is 1.90. The molecule has 0 unspecified atom stereocenters. The molecule has 0 aromatic heterocycles. The average molecular weight is 176 g/mol. The Bertz CT molecular complexity index is 240. The normalized spacial score (nSPS) is 10.6. The van der Waals surface area contributed by atoms with E-state index in [1.54, 1.807) is 7.05 Å². The minimum Gasteiger partial charge on any atom is -0.314 e. The van der Waals surface area contributed by atoms with Crippen LogP contribution in [0.3, 0.4) is 0 Å².